The van der Waals surface area contributed by atoms with Crippen molar-refractivity contribution in [2.45, 2.75) is 58.8 Å². The first-order valence-corrected chi connectivity index (χ1v) is 11.2. The predicted molar refractivity (Wildman–Crippen MR) is 119 cm³/mol. The van der Waals surface area contributed by atoms with Gasteiger partial charge in [-0.25, -0.2) is 0 Å². The molecule has 1 aromatic carbocycles. The first-order valence-electron chi connectivity index (χ1n) is 11.2. The van der Waals surface area contributed by atoms with Crippen molar-refractivity contribution >= 4 is 17.4 Å². The number of allylic oxidation sites excluding steroid dienone is 1. The fourth-order valence-corrected chi connectivity index (χ4v) is 5.39. The molecule has 4 rings (SSSR count). The van der Waals surface area contributed by atoms with Gasteiger partial charge in [-0.3, -0.25) is 14.6 Å². The third-order valence-electron chi connectivity index (χ3n) is 6.80. The van der Waals surface area contributed by atoms with E-state index >= 15 is 0 Å². The van der Waals surface area contributed by atoms with Crippen molar-refractivity contribution in [2.24, 2.45) is 16.3 Å². The van der Waals surface area contributed by atoms with Crippen LogP contribution < -0.4 is 4.74 Å². The summed E-state index contributed by atoms with van der Waals surface area (Å²) >= 11 is 0. The molecule has 1 saturated carbocycles. The highest BCUT2D eigenvalue weighted by Crippen LogP contribution is 2.48. The molecule has 0 spiro atoms. The number of amides is 1. The Hall–Kier alpha value is -2.63. The van der Waals surface area contributed by atoms with Crippen molar-refractivity contribution in [1.29, 1.82) is 0 Å². The van der Waals surface area contributed by atoms with Crippen LogP contribution in [0.2, 0.25) is 0 Å². The normalized spacial score (nSPS) is 25.7. The molecule has 31 heavy (non-hydrogen) atoms. The van der Waals surface area contributed by atoms with Gasteiger partial charge in [-0.2, -0.15) is 0 Å². The largest absolute Gasteiger partial charge is 0.504 e. The zero-order chi connectivity index (χ0) is 22.3. The Bertz CT molecular complexity index is 970. The van der Waals surface area contributed by atoms with Crippen LogP contribution in [0.3, 0.4) is 0 Å². The number of likely N-dealkylation sites (tertiary alicyclic amines) is 1. The molecule has 0 bridgehead atoms. The number of aromatic hydroxyl groups is 1. The number of Topliss-reactive ketones (excluding diaryl/α,β-unsaturated/α-hetero) is 1. The summed E-state index contributed by atoms with van der Waals surface area (Å²) < 4.78 is 5.33. The second-order valence-corrected chi connectivity index (χ2v) is 9.83. The molecule has 1 aromatic rings. The maximum absolute atomic E-state index is 13.7. The second kappa shape index (κ2) is 8.13. The van der Waals surface area contributed by atoms with E-state index in [0.717, 1.165) is 50.0 Å². The number of carbonyl (C=O) groups is 2. The minimum Gasteiger partial charge on any atom is -0.504 e. The number of hydrogen-bond acceptors (Lipinski definition) is 5. The molecule has 0 radical (unpaired) electrons. The van der Waals surface area contributed by atoms with Gasteiger partial charge in [0.25, 0.3) is 5.91 Å². The third kappa shape index (κ3) is 4.00. The van der Waals surface area contributed by atoms with Gasteiger partial charge in [0.15, 0.2) is 11.5 Å². The Balaban J connectivity index is 1.85. The summed E-state index contributed by atoms with van der Waals surface area (Å²) in [6, 6.07) is 5.14. The molecule has 2 unspecified atom stereocenters. The lowest BCUT2D eigenvalue weighted by molar-refractivity contribution is -0.128. The second-order valence-electron chi connectivity index (χ2n) is 9.83. The Morgan fingerprint density at radius 1 is 1.16 bits per heavy atom. The van der Waals surface area contributed by atoms with Crippen LogP contribution in [0.15, 0.2) is 34.5 Å². The summed E-state index contributed by atoms with van der Waals surface area (Å²) in [4.78, 5) is 33.8. The summed E-state index contributed by atoms with van der Waals surface area (Å²) in [5.74, 6) is -0.378. The molecule has 3 aliphatic rings. The van der Waals surface area contributed by atoms with Crippen LogP contribution in [-0.2, 0) is 9.59 Å². The van der Waals surface area contributed by atoms with Crippen LogP contribution in [0, 0.1) is 11.3 Å². The lowest BCUT2D eigenvalue weighted by Gasteiger charge is -2.42. The topological polar surface area (TPSA) is 79.2 Å². The standard InChI is InChI=1S/C25H32N2O4/c1-15-21(24(30)27-10-6-5-7-11-27)22(16-8-9-18(28)20(12-16)31-4)23-17(26-15)13-25(2,3)14-19(23)29/h8-9,12,22-23,28H,5-7,10-11,13-14H2,1-4H3. The number of ketones is 1. The van der Waals surface area contributed by atoms with Crippen LogP contribution in [0.5, 0.6) is 11.5 Å². The number of piperidine rings is 1. The first kappa shape index (κ1) is 21.6. The molecule has 6 nitrogen and oxygen atoms in total. The monoisotopic (exact) mass is 424 g/mol. The molecule has 0 aromatic heterocycles. The molecule has 2 aliphatic heterocycles. The van der Waals surface area contributed by atoms with E-state index in [1.807, 2.05) is 11.8 Å². The van der Waals surface area contributed by atoms with E-state index in [1.54, 1.807) is 18.2 Å². The van der Waals surface area contributed by atoms with Gasteiger partial charge < -0.3 is 14.7 Å². The summed E-state index contributed by atoms with van der Waals surface area (Å²) in [6.07, 6.45) is 4.34. The van der Waals surface area contributed by atoms with E-state index in [-0.39, 0.29) is 22.9 Å². The number of rotatable bonds is 3. The van der Waals surface area contributed by atoms with Gasteiger partial charge in [-0.05, 0) is 55.7 Å². The van der Waals surface area contributed by atoms with Crippen LogP contribution in [0.25, 0.3) is 0 Å². The molecular weight excluding hydrogens is 392 g/mol. The van der Waals surface area contributed by atoms with Gasteiger partial charge in [-0.15, -0.1) is 0 Å². The van der Waals surface area contributed by atoms with E-state index in [2.05, 4.69) is 13.8 Å². The van der Waals surface area contributed by atoms with Gasteiger partial charge in [0.2, 0.25) is 0 Å². The van der Waals surface area contributed by atoms with Crippen molar-refractivity contribution in [1.82, 2.24) is 4.90 Å². The number of phenols is 1. The maximum atomic E-state index is 13.7. The highest BCUT2D eigenvalue weighted by atomic mass is 16.5. The number of fused-ring (bicyclic) bond motifs is 1. The Morgan fingerprint density at radius 2 is 1.87 bits per heavy atom. The number of benzene rings is 1. The molecular formula is C25H32N2O4. The van der Waals surface area contributed by atoms with E-state index < -0.39 is 11.8 Å². The highest BCUT2D eigenvalue weighted by molar-refractivity contribution is 6.12. The maximum Gasteiger partial charge on any atom is 0.252 e. The Kier molecular flexibility index (Phi) is 5.67. The number of methoxy groups -OCH3 is 1. The minimum atomic E-state index is -0.449. The molecule has 2 heterocycles. The summed E-state index contributed by atoms with van der Waals surface area (Å²) in [7, 11) is 1.50. The summed E-state index contributed by atoms with van der Waals surface area (Å²) in [5, 5.41) is 10.1. The van der Waals surface area contributed by atoms with Gasteiger partial charge in [0.05, 0.1) is 13.0 Å². The number of ether oxygens (including phenoxy) is 1. The predicted octanol–water partition coefficient (Wildman–Crippen LogP) is 4.23. The van der Waals surface area contributed by atoms with E-state index in [0.29, 0.717) is 23.4 Å². The van der Waals surface area contributed by atoms with Crippen molar-refractivity contribution in [2.75, 3.05) is 20.2 Å². The molecule has 2 fully saturated rings. The van der Waals surface area contributed by atoms with Crippen LogP contribution in [0.1, 0.15) is 64.4 Å². The minimum absolute atomic E-state index is 0.0188. The lowest BCUT2D eigenvalue weighted by Crippen LogP contribution is -2.46. The average Bonchev–Trinajstić information content (AvgIpc) is 2.72. The van der Waals surface area contributed by atoms with Crippen LogP contribution >= 0.6 is 0 Å². The Morgan fingerprint density at radius 3 is 2.55 bits per heavy atom. The lowest BCUT2D eigenvalue weighted by atomic mass is 9.63. The highest BCUT2D eigenvalue weighted by Gasteiger charge is 2.48. The summed E-state index contributed by atoms with van der Waals surface area (Å²) in [6.45, 7) is 7.55. The number of aliphatic imine (C=N–C) groups is 1. The quantitative estimate of drug-likeness (QED) is 0.787. The van der Waals surface area contributed by atoms with Crippen molar-refractivity contribution < 1.29 is 19.4 Å². The average molecular weight is 425 g/mol. The van der Waals surface area contributed by atoms with Gasteiger partial charge in [0.1, 0.15) is 5.78 Å². The molecule has 1 aliphatic carbocycles. The van der Waals surface area contributed by atoms with Crippen molar-refractivity contribution in [3.8, 4) is 11.5 Å². The molecule has 6 heteroatoms. The fourth-order valence-electron chi connectivity index (χ4n) is 5.39. The van der Waals surface area contributed by atoms with Gasteiger partial charge >= 0.3 is 0 Å². The zero-order valence-electron chi connectivity index (χ0n) is 18.9. The molecule has 1 saturated heterocycles. The molecule has 1 N–H and O–H groups in total. The molecule has 1 amide bonds. The zero-order valence-corrected chi connectivity index (χ0v) is 18.9. The number of hydrogen-bond donors (Lipinski definition) is 1. The first-order chi connectivity index (χ1) is 14.7. The fraction of sp³-hybridized carbons (Fsp3) is 0.560. The third-order valence-corrected chi connectivity index (χ3v) is 6.80. The smallest absolute Gasteiger partial charge is 0.252 e. The summed E-state index contributed by atoms with van der Waals surface area (Å²) in [5.41, 5.74) is 2.84. The van der Waals surface area contributed by atoms with Crippen LogP contribution in [-0.4, -0.2) is 47.6 Å². The van der Waals surface area contributed by atoms with Crippen molar-refractivity contribution in [3.63, 3.8) is 0 Å². The van der Waals surface area contributed by atoms with Gasteiger partial charge in [-0.1, -0.05) is 19.9 Å². The van der Waals surface area contributed by atoms with Crippen LogP contribution in [0.4, 0.5) is 0 Å². The Labute approximate surface area is 184 Å². The SMILES string of the molecule is COc1cc(C2C(C(=O)N3CCCCC3)=C(C)N=C3CC(C)(C)CC(=O)C32)ccc1O. The van der Waals surface area contributed by atoms with E-state index in [9.17, 15) is 14.7 Å². The molecule has 166 valence electrons. The molecule has 2 atom stereocenters. The van der Waals surface area contributed by atoms with E-state index in [1.165, 1.54) is 7.11 Å². The number of nitrogens with zero attached hydrogens (tertiary/aromatic N) is 2. The number of carbonyl (C=O) groups excluding carboxylic acids is 2. The number of phenolic OH excluding ortho intramolecular Hbond substituents is 1. The van der Waals surface area contributed by atoms with Gasteiger partial charge in [0, 0.05) is 42.4 Å². The van der Waals surface area contributed by atoms with Crippen molar-refractivity contribution in [3.05, 3.63) is 35.0 Å². The van der Waals surface area contributed by atoms with E-state index in [4.69, 9.17) is 9.73 Å².